The third-order valence-electron chi connectivity index (χ3n) is 4.69. The zero-order valence-electron chi connectivity index (χ0n) is 15.2. The lowest BCUT2D eigenvalue weighted by molar-refractivity contribution is -0.192. The van der Waals surface area contributed by atoms with Crippen molar-refractivity contribution in [1.82, 2.24) is 15.5 Å². The van der Waals surface area contributed by atoms with Crippen LogP contribution >= 0.6 is 0 Å². The predicted molar refractivity (Wildman–Crippen MR) is 94.2 cm³/mol. The highest BCUT2D eigenvalue weighted by molar-refractivity contribution is 5.95. The molecule has 1 unspecified atom stereocenters. The van der Waals surface area contributed by atoms with E-state index in [2.05, 4.69) is 26.8 Å². The highest BCUT2D eigenvalue weighted by Crippen LogP contribution is 2.27. The van der Waals surface area contributed by atoms with Gasteiger partial charge in [0.25, 0.3) is 0 Å². The average molecular weight is 412 g/mol. The van der Waals surface area contributed by atoms with Crippen molar-refractivity contribution in [3.8, 4) is 0 Å². The summed E-state index contributed by atoms with van der Waals surface area (Å²) in [6.07, 6.45) is -2.94. The SMILES string of the molecule is O=C(O)C(F)(F)F.O=C1Nc2ccccc2CC1CCc1nc(C2CNC2)no1. The normalized spacial score (nSPS) is 18.7. The van der Waals surface area contributed by atoms with Crippen LogP contribution in [0.5, 0.6) is 0 Å². The maximum absolute atomic E-state index is 12.2. The number of carboxylic acid groups (broad SMARTS) is 1. The molecule has 2 aliphatic rings. The third-order valence-corrected chi connectivity index (χ3v) is 4.69. The minimum absolute atomic E-state index is 0.0318. The largest absolute Gasteiger partial charge is 0.490 e. The van der Waals surface area contributed by atoms with Gasteiger partial charge in [0.05, 0.1) is 0 Å². The summed E-state index contributed by atoms with van der Waals surface area (Å²) < 4.78 is 37.0. The lowest BCUT2D eigenvalue weighted by atomic mass is 9.90. The van der Waals surface area contributed by atoms with E-state index in [4.69, 9.17) is 14.4 Å². The Labute approximate surface area is 163 Å². The van der Waals surface area contributed by atoms with Gasteiger partial charge in [0.15, 0.2) is 5.82 Å². The van der Waals surface area contributed by atoms with Gasteiger partial charge in [-0.1, -0.05) is 23.4 Å². The van der Waals surface area contributed by atoms with Crippen LogP contribution in [-0.4, -0.2) is 46.4 Å². The van der Waals surface area contributed by atoms with Crippen molar-refractivity contribution in [1.29, 1.82) is 0 Å². The van der Waals surface area contributed by atoms with Gasteiger partial charge in [0.2, 0.25) is 11.8 Å². The maximum Gasteiger partial charge on any atom is 0.490 e. The fourth-order valence-electron chi connectivity index (χ4n) is 2.95. The summed E-state index contributed by atoms with van der Waals surface area (Å²) in [6, 6.07) is 7.95. The molecule has 156 valence electrons. The monoisotopic (exact) mass is 412 g/mol. The Bertz CT molecular complexity index is 880. The van der Waals surface area contributed by atoms with Crippen LogP contribution in [-0.2, 0) is 22.4 Å². The number of anilines is 1. The molecule has 1 atom stereocenters. The van der Waals surface area contributed by atoms with Crippen molar-refractivity contribution in [2.45, 2.75) is 31.4 Å². The Kier molecular flexibility index (Phi) is 6.16. The van der Waals surface area contributed by atoms with E-state index < -0.39 is 12.1 Å². The summed E-state index contributed by atoms with van der Waals surface area (Å²) >= 11 is 0. The first-order valence-corrected chi connectivity index (χ1v) is 8.96. The van der Waals surface area contributed by atoms with Crippen LogP contribution in [0.3, 0.4) is 0 Å². The third kappa shape index (κ3) is 5.31. The molecule has 29 heavy (non-hydrogen) atoms. The topological polar surface area (TPSA) is 117 Å². The second kappa shape index (κ2) is 8.60. The summed E-state index contributed by atoms with van der Waals surface area (Å²) in [5.41, 5.74) is 2.13. The van der Waals surface area contributed by atoms with E-state index in [1.165, 1.54) is 5.56 Å². The molecule has 0 saturated carbocycles. The van der Waals surface area contributed by atoms with Gasteiger partial charge in [-0.05, 0) is 24.5 Å². The fraction of sp³-hybridized carbons (Fsp3) is 0.444. The van der Waals surface area contributed by atoms with Crippen molar-refractivity contribution >= 4 is 17.6 Å². The number of amides is 1. The zero-order chi connectivity index (χ0) is 21.0. The highest BCUT2D eigenvalue weighted by atomic mass is 19.4. The van der Waals surface area contributed by atoms with Gasteiger partial charge in [0.1, 0.15) is 0 Å². The Hall–Kier alpha value is -2.95. The minimum atomic E-state index is -5.08. The van der Waals surface area contributed by atoms with Gasteiger partial charge in [0, 0.05) is 37.0 Å². The quantitative estimate of drug-likeness (QED) is 0.704. The van der Waals surface area contributed by atoms with Crippen molar-refractivity contribution in [3.63, 3.8) is 0 Å². The molecule has 2 aromatic rings. The number of hydrogen-bond donors (Lipinski definition) is 3. The number of aromatic nitrogens is 2. The van der Waals surface area contributed by atoms with E-state index in [9.17, 15) is 18.0 Å². The molecule has 3 N–H and O–H groups in total. The molecule has 1 fully saturated rings. The smallest absolute Gasteiger partial charge is 0.475 e. The molecule has 1 aromatic heterocycles. The van der Waals surface area contributed by atoms with Crippen LogP contribution in [0.4, 0.5) is 18.9 Å². The van der Waals surface area contributed by atoms with Gasteiger partial charge in [-0.2, -0.15) is 18.2 Å². The van der Waals surface area contributed by atoms with Crippen LogP contribution in [0.25, 0.3) is 0 Å². The molecule has 1 saturated heterocycles. The number of carboxylic acids is 1. The van der Waals surface area contributed by atoms with E-state index in [1.807, 2.05) is 18.2 Å². The van der Waals surface area contributed by atoms with E-state index in [0.717, 1.165) is 37.4 Å². The van der Waals surface area contributed by atoms with Crippen LogP contribution in [0.2, 0.25) is 0 Å². The number of nitrogens with one attached hydrogen (secondary N) is 2. The van der Waals surface area contributed by atoms with Gasteiger partial charge in [-0.3, -0.25) is 4.79 Å². The summed E-state index contributed by atoms with van der Waals surface area (Å²) in [4.78, 5) is 25.5. The number of halogens is 3. The number of nitrogens with zero attached hydrogens (tertiary/aromatic N) is 2. The number of carbonyl (C=O) groups is 2. The molecule has 11 heteroatoms. The van der Waals surface area contributed by atoms with Gasteiger partial charge < -0.3 is 20.3 Å². The van der Waals surface area contributed by atoms with Crippen molar-refractivity contribution < 1.29 is 32.4 Å². The zero-order valence-corrected chi connectivity index (χ0v) is 15.2. The first-order valence-electron chi connectivity index (χ1n) is 8.96. The molecule has 0 radical (unpaired) electrons. The molecule has 1 aromatic carbocycles. The molecular formula is C18H19F3N4O4. The van der Waals surface area contributed by atoms with Crippen molar-refractivity contribution in [3.05, 3.63) is 41.5 Å². The Morgan fingerprint density at radius 1 is 1.28 bits per heavy atom. The van der Waals surface area contributed by atoms with Gasteiger partial charge >= 0.3 is 12.1 Å². The predicted octanol–water partition coefficient (Wildman–Crippen LogP) is 2.13. The Morgan fingerprint density at radius 2 is 1.97 bits per heavy atom. The number of rotatable bonds is 4. The van der Waals surface area contributed by atoms with Crippen LogP contribution in [0, 0.1) is 5.92 Å². The van der Waals surface area contributed by atoms with Crippen LogP contribution < -0.4 is 10.6 Å². The number of alkyl halides is 3. The molecule has 2 aliphatic heterocycles. The van der Waals surface area contributed by atoms with Crippen molar-refractivity contribution in [2.24, 2.45) is 5.92 Å². The minimum Gasteiger partial charge on any atom is -0.475 e. The highest BCUT2D eigenvalue weighted by Gasteiger charge is 2.38. The Morgan fingerprint density at radius 3 is 2.59 bits per heavy atom. The van der Waals surface area contributed by atoms with E-state index >= 15 is 0 Å². The number of aliphatic carboxylic acids is 1. The van der Waals surface area contributed by atoms with E-state index in [0.29, 0.717) is 18.2 Å². The summed E-state index contributed by atoms with van der Waals surface area (Å²) in [5, 5.41) is 17.3. The molecule has 0 aliphatic carbocycles. The molecule has 3 heterocycles. The number of para-hydroxylation sites is 1. The number of benzene rings is 1. The van der Waals surface area contributed by atoms with Crippen molar-refractivity contribution in [2.75, 3.05) is 18.4 Å². The molecule has 0 spiro atoms. The molecule has 1 amide bonds. The molecule has 0 bridgehead atoms. The van der Waals surface area contributed by atoms with E-state index in [1.54, 1.807) is 0 Å². The van der Waals surface area contributed by atoms with Gasteiger partial charge in [-0.15, -0.1) is 0 Å². The maximum atomic E-state index is 12.2. The van der Waals surface area contributed by atoms with Crippen LogP contribution in [0.15, 0.2) is 28.8 Å². The molecular weight excluding hydrogens is 393 g/mol. The number of hydrogen-bond acceptors (Lipinski definition) is 6. The Balaban J connectivity index is 0.000000298. The van der Waals surface area contributed by atoms with E-state index in [-0.39, 0.29) is 11.8 Å². The average Bonchev–Trinajstić information content (AvgIpc) is 3.06. The standard InChI is InChI=1S/C16H18N4O2.C2HF3O2/c21-16-11(7-10-3-1-2-4-13(10)18-16)5-6-14-19-15(20-22-14)12-8-17-9-12;3-2(4,5)1(6)7/h1-4,11-12,17H,5-9H2,(H,18,21);(H,6,7). The fourth-order valence-corrected chi connectivity index (χ4v) is 2.95. The number of aryl methyl sites for hydroxylation is 1. The second-order valence-electron chi connectivity index (χ2n) is 6.79. The number of fused-ring (bicyclic) bond motifs is 1. The van der Waals surface area contributed by atoms with Crippen LogP contribution in [0.1, 0.15) is 29.6 Å². The summed E-state index contributed by atoms with van der Waals surface area (Å²) in [7, 11) is 0. The first-order chi connectivity index (χ1) is 13.7. The first kappa shape index (κ1) is 20.8. The number of carbonyl (C=O) groups excluding carboxylic acids is 1. The second-order valence-corrected chi connectivity index (χ2v) is 6.79. The lowest BCUT2D eigenvalue weighted by Gasteiger charge is -2.24. The summed E-state index contributed by atoms with van der Waals surface area (Å²) in [5.74, 6) is -0.909. The lowest BCUT2D eigenvalue weighted by Crippen LogP contribution is -2.40. The van der Waals surface area contributed by atoms with Gasteiger partial charge in [-0.25, -0.2) is 4.79 Å². The molecule has 4 rings (SSSR count). The molecule has 8 nitrogen and oxygen atoms in total. The summed E-state index contributed by atoms with van der Waals surface area (Å²) in [6.45, 7) is 1.83.